The number of rotatable bonds is 7. The van der Waals surface area contributed by atoms with Crippen molar-refractivity contribution >= 4 is 35.0 Å². The molecule has 0 aliphatic carbocycles. The van der Waals surface area contributed by atoms with Crippen molar-refractivity contribution in [3.05, 3.63) is 64.7 Å². The van der Waals surface area contributed by atoms with Gasteiger partial charge < -0.3 is 16.0 Å². The topological polar surface area (TPSA) is 87.3 Å². The van der Waals surface area contributed by atoms with Gasteiger partial charge in [0.25, 0.3) is 5.91 Å². The Bertz CT molecular complexity index is 900. The first kappa shape index (κ1) is 23.2. The molecule has 30 heavy (non-hydrogen) atoms. The molecule has 3 amide bonds. The number of benzene rings is 2. The number of nitrogens with one attached hydrogen (secondary N) is 3. The van der Waals surface area contributed by atoms with Crippen molar-refractivity contribution in [2.45, 2.75) is 25.6 Å². The molecule has 0 fully saturated rings. The average molecular weight is 442 g/mol. The molecule has 1 atom stereocenters. The van der Waals surface area contributed by atoms with Crippen molar-refractivity contribution in [1.82, 2.24) is 10.6 Å². The van der Waals surface area contributed by atoms with Crippen molar-refractivity contribution < 1.29 is 27.6 Å². The maximum atomic E-state index is 12.4. The second-order valence-corrected chi connectivity index (χ2v) is 6.87. The van der Waals surface area contributed by atoms with Crippen LogP contribution in [0.5, 0.6) is 0 Å². The van der Waals surface area contributed by atoms with Crippen LogP contribution in [-0.2, 0) is 9.59 Å². The van der Waals surface area contributed by atoms with Crippen LogP contribution in [0.2, 0.25) is 5.02 Å². The molecule has 2 aromatic carbocycles. The first-order valence-electron chi connectivity index (χ1n) is 8.81. The normalized spacial score (nSPS) is 12.0. The van der Waals surface area contributed by atoms with E-state index in [4.69, 9.17) is 11.6 Å². The quantitative estimate of drug-likeness (QED) is 0.610. The van der Waals surface area contributed by atoms with Crippen molar-refractivity contribution in [1.29, 1.82) is 0 Å². The largest absolute Gasteiger partial charge is 0.405 e. The van der Waals surface area contributed by atoms with Gasteiger partial charge in [-0.05, 0) is 42.0 Å². The fraction of sp³-hybridized carbons (Fsp3) is 0.250. The third-order valence-corrected chi connectivity index (χ3v) is 4.17. The third-order valence-electron chi connectivity index (χ3n) is 3.92. The summed E-state index contributed by atoms with van der Waals surface area (Å²) in [6.45, 7) is -0.0943. The summed E-state index contributed by atoms with van der Waals surface area (Å²) >= 11 is 5.86. The zero-order chi connectivity index (χ0) is 22.3. The first-order valence-corrected chi connectivity index (χ1v) is 9.19. The van der Waals surface area contributed by atoms with E-state index in [2.05, 4.69) is 10.6 Å². The molecule has 2 rings (SSSR count). The highest BCUT2D eigenvalue weighted by atomic mass is 35.5. The number of amides is 3. The Labute approximate surface area is 175 Å². The molecule has 3 N–H and O–H groups in total. The molecular weight excluding hydrogens is 423 g/mol. The molecule has 10 heteroatoms. The van der Waals surface area contributed by atoms with E-state index >= 15 is 0 Å². The molecule has 0 saturated heterocycles. The molecule has 0 aliphatic rings. The molecule has 0 radical (unpaired) electrons. The van der Waals surface area contributed by atoms with Crippen molar-refractivity contribution in [2.75, 3.05) is 11.9 Å². The number of hydrogen-bond acceptors (Lipinski definition) is 3. The standard InChI is InChI=1S/C20H19ClF3N3O3/c1-12(28)26-17(13-2-6-15(21)7-3-13)10-18(29)27-16-8-4-14(5-9-16)19(30)25-11-20(22,23)24/h2-9,17H,10-11H2,1H3,(H,25,30)(H,26,28)(H,27,29). The van der Waals surface area contributed by atoms with E-state index in [-0.39, 0.29) is 17.9 Å². The number of alkyl halides is 3. The summed E-state index contributed by atoms with van der Waals surface area (Å²) in [5, 5.41) is 7.60. The fourth-order valence-electron chi connectivity index (χ4n) is 2.58. The van der Waals surface area contributed by atoms with Gasteiger partial charge in [-0.3, -0.25) is 14.4 Å². The van der Waals surface area contributed by atoms with E-state index in [9.17, 15) is 27.6 Å². The van der Waals surface area contributed by atoms with Gasteiger partial charge in [-0.25, -0.2) is 0 Å². The molecule has 0 aromatic heterocycles. The van der Waals surface area contributed by atoms with Crippen LogP contribution in [0.3, 0.4) is 0 Å². The molecule has 6 nitrogen and oxygen atoms in total. The van der Waals surface area contributed by atoms with Crippen molar-refractivity contribution in [2.24, 2.45) is 0 Å². The van der Waals surface area contributed by atoms with E-state index in [1.807, 2.05) is 0 Å². The van der Waals surface area contributed by atoms with Crippen LogP contribution in [0.1, 0.15) is 35.3 Å². The SMILES string of the molecule is CC(=O)NC(CC(=O)Nc1ccc(C(=O)NCC(F)(F)F)cc1)c1ccc(Cl)cc1. The van der Waals surface area contributed by atoms with Gasteiger partial charge in [0.1, 0.15) is 6.54 Å². The summed E-state index contributed by atoms with van der Waals surface area (Å²) in [5.41, 5.74) is 1.07. The summed E-state index contributed by atoms with van der Waals surface area (Å²) < 4.78 is 36.5. The molecule has 0 bridgehead atoms. The highest BCUT2D eigenvalue weighted by Crippen LogP contribution is 2.21. The van der Waals surface area contributed by atoms with Gasteiger partial charge >= 0.3 is 6.18 Å². The van der Waals surface area contributed by atoms with Crippen LogP contribution in [-0.4, -0.2) is 30.4 Å². The molecule has 0 aliphatic heterocycles. The Hall–Kier alpha value is -3.07. The van der Waals surface area contributed by atoms with E-state index in [1.54, 1.807) is 29.6 Å². The number of carbonyl (C=O) groups is 3. The molecule has 0 spiro atoms. The van der Waals surface area contributed by atoms with E-state index in [0.717, 1.165) is 0 Å². The minimum Gasteiger partial charge on any atom is -0.349 e. The van der Waals surface area contributed by atoms with Crippen LogP contribution >= 0.6 is 11.6 Å². The molecule has 1 unspecified atom stereocenters. The number of carbonyl (C=O) groups excluding carboxylic acids is 3. The van der Waals surface area contributed by atoms with Crippen LogP contribution in [0.4, 0.5) is 18.9 Å². The second kappa shape index (κ2) is 10.1. The molecule has 160 valence electrons. The maximum absolute atomic E-state index is 12.4. The Morgan fingerprint density at radius 1 is 1.00 bits per heavy atom. The lowest BCUT2D eigenvalue weighted by atomic mass is 10.0. The smallest absolute Gasteiger partial charge is 0.349 e. The maximum Gasteiger partial charge on any atom is 0.405 e. The fourth-order valence-corrected chi connectivity index (χ4v) is 2.70. The van der Waals surface area contributed by atoms with E-state index in [1.165, 1.54) is 31.2 Å². The highest BCUT2D eigenvalue weighted by molar-refractivity contribution is 6.30. The predicted octanol–water partition coefficient (Wildman–Crippen LogP) is 3.84. The van der Waals surface area contributed by atoms with Gasteiger partial charge in [0.2, 0.25) is 11.8 Å². The Kier molecular flexibility index (Phi) is 7.82. The van der Waals surface area contributed by atoms with Crippen LogP contribution < -0.4 is 16.0 Å². The summed E-state index contributed by atoms with van der Waals surface area (Å²) in [6.07, 6.45) is -4.56. The van der Waals surface area contributed by atoms with Crippen molar-refractivity contribution in [3.8, 4) is 0 Å². The summed E-state index contributed by atoms with van der Waals surface area (Å²) in [7, 11) is 0. The Morgan fingerprint density at radius 2 is 1.60 bits per heavy atom. The number of hydrogen-bond donors (Lipinski definition) is 3. The lowest BCUT2D eigenvalue weighted by Crippen LogP contribution is -2.33. The second-order valence-electron chi connectivity index (χ2n) is 6.43. The number of anilines is 1. The van der Waals surface area contributed by atoms with Crippen LogP contribution in [0.25, 0.3) is 0 Å². The molecular formula is C20H19ClF3N3O3. The third kappa shape index (κ3) is 7.75. The number of halogens is 4. The van der Waals surface area contributed by atoms with E-state index < -0.39 is 30.6 Å². The van der Waals surface area contributed by atoms with Gasteiger partial charge in [-0.15, -0.1) is 0 Å². The van der Waals surface area contributed by atoms with Crippen LogP contribution in [0.15, 0.2) is 48.5 Å². The average Bonchev–Trinajstić information content (AvgIpc) is 2.66. The van der Waals surface area contributed by atoms with E-state index in [0.29, 0.717) is 16.3 Å². The predicted molar refractivity (Wildman–Crippen MR) is 106 cm³/mol. The summed E-state index contributed by atoms with van der Waals surface area (Å²) in [6, 6.07) is 11.5. The van der Waals surface area contributed by atoms with Crippen molar-refractivity contribution in [3.63, 3.8) is 0 Å². The minimum atomic E-state index is -4.50. The monoisotopic (exact) mass is 441 g/mol. The lowest BCUT2D eigenvalue weighted by molar-refractivity contribution is -0.123. The van der Waals surface area contributed by atoms with Gasteiger partial charge in [0, 0.05) is 23.2 Å². The first-order chi connectivity index (χ1) is 14.0. The zero-order valence-corrected chi connectivity index (χ0v) is 16.6. The van der Waals surface area contributed by atoms with Gasteiger partial charge in [0.15, 0.2) is 0 Å². The zero-order valence-electron chi connectivity index (χ0n) is 15.8. The summed E-state index contributed by atoms with van der Waals surface area (Å²) in [5.74, 6) is -1.59. The van der Waals surface area contributed by atoms with Gasteiger partial charge in [-0.1, -0.05) is 23.7 Å². The summed E-state index contributed by atoms with van der Waals surface area (Å²) in [4.78, 5) is 35.6. The molecule has 2 aromatic rings. The van der Waals surface area contributed by atoms with Crippen LogP contribution in [0, 0.1) is 0 Å². The Balaban J connectivity index is 1.99. The lowest BCUT2D eigenvalue weighted by Gasteiger charge is -2.18. The highest BCUT2D eigenvalue weighted by Gasteiger charge is 2.27. The minimum absolute atomic E-state index is 0.0227. The molecule has 0 saturated carbocycles. The Morgan fingerprint density at radius 3 is 2.13 bits per heavy atom. The van der Waals surface area contributed by atoms with Gasteiger partial charge in [-0.2, -0.15) is 13.2 Å². The van der Waals surface area contributed by atoms with Gasteiger partial charge in [0.05, 0.1) is 12.5 Å². The molecule has 0 heterocycles.